The summed E-state index contributed by atoms with van der Waals surface area (Å²) < 4.78 is 0.688. The van der Waals surface area contributed by atoms with Crippen LogP contribution in [0.1, 0.15) is 5.56 Å². The number of nitrogens with one attached hydrogen (secondary N) is 1. The predicted molar refractivity (Wildman–Crippen MR) is 82.4 cm³/mol. The molecular formula is C12H8BrCl3N2O. The van der Waals surface area contributed by atoms with Crippen molar-refractivity contribution in [2.75, 3.05) is 5.32 Å². The summed E-state index contributed by atoms with van der Waals surface area (Å²) in [5.41, 5.74) is 1.36. The number of hydrogen-bond acceptors (Lipinski definition) is 3. The van der Waals surface area contributed by atoms with Crippen molar-refractivity contribution in [2.24, 2.45) is 0 Å². The van der Waals surface area contributed by atoms with Gasteiger partial charge >= 0.3 is 0 Å². The van der Waals surface area contributed by atoms with Crippen molar-refractivity contribution < 1.29 is 5.11 Å². The summed E-state index contributed by atoms with van der Waals surface area (Å²) in [6.45, 7) is 0.363. The van der Waals surface area contributed by atoms with E-state index in [9.17, 15) is 5.11 Å². The van der Waals surface area contributed by atoms with E-state index in [1.165, 1.54) is 6.07 Å². The average molecular weight is 382 g/mol. The first-order chi connectivity index (χ1) is 8.97. The second kappa shape index (κ2) is 6.18. The molecule has 2 rings (SSSR count). The van der Waals surface area contributed by atoms with Crippen LogP contribution in [-0.2, 0) is 6.54 Å². The van der Waals surface area contributed by atoms with E-state index in [-0.39, 0.29) is 10.8 Å². The third kappa shape index (κ3) is 3.66. The summed E-state index contributed by atoms with van der Waals surface area (Å²) in [6.07, 6.45) is 1.59. The lowest BCUT2D eigenvalue weighted by atomic mass is 10.2. The highest BCUT2D eigenvalue weighted by Gasteiger charge is 2.08. The number of pyridine rings is 1. The van der Waals surface area contributed by atoms with Gasteiger partial charge in [-0.25, -0.2) is 4.98 Å². The highest BCUT2D eigenvalue weighted by molar-refractivity contribution is 9.10. The number of aromatic nitrogens is 1. The average Bonchev–Trinajstić information content (AvgIpc) is 2.36. The Hall–Kier alpha value is -0.680. The zero-order chi connectivity index (χ0) is 14.0. The lowest BCUT2D eigenvalue weighted by molar-refractivity contribution is 0.469. The van der Waals surface area contributed by atoms with Gasteiger partial charge in [-0.1, -0.05) is 34.8 Å². The first-order valence-corrected chi connectivity index (χ1v) is 7.12. The lowest BCUT2D eigenvalue weighted by Crippen LogP contribution is -2.00. The van der Waals surface area contributed by atoms with Crippen LogP contribution >= 0.6 is 50.7 Å². The molecule has 0 aliphatic heterocycles. The first kappa shape index (κ1) is 14.7. The molecule has 1 aromatic carbocycles. The van der Waals surface area contributed by atoms with Gasteiger partial charge in [-0.15, -0.1) is 0 Å². The van der Waals surface area contributed by atoms with E-state index in [0.717, 1.165) is 5.69 Å². The molecule has 1 aromatic heterocycles. The van der Waals surface area contributed by atoms with Gasteiger partial charge in [0.15, 0.2) is 0 Å². The van der Waals surface area contributed by atoms with Gasteiger partial charge in [0.25, 0.3) is 0 Å². The molecule has 19 heavy (non-hydrogen) atoms. The monoisotopic (exact) mass is 380 g/mol. The van der Waals surface area contributed by atoms with E-state index in [1.807, 2.05) is 0 Å². The molecule has 7 heteroatoms. The molecule has 0 atom stereocenters. The van der Waals surface area contributed by atoms with E-state index in [0.29, 0.717) is 26.8 Å². The standard InChI is InChI=1S/C12H8BrCl3N2O/c13-9-3-8(5-18-12(9)16)17-4-6-1-7(14)2-10(15)11(6)19/h1-3,5,17,19H,4H2. The molecule has 100 valence electrons. The van der Waals surface area contributed by atoms with Crippen LogP contribution < -0.4 is 5.32 Å². The third-order valence-corrected chi connectivity index (χ3v) is 4.03. The van der Waals surface area contributed by atoms with Crippen molar-refractivity contribution in [3.8, 4) is 5.75 Å². The Balaban J connectivity index is 2.16. The molecule has 0 saturated heterocycles. The Morgan fingerprint density at radius 2 is 1.95 bits per heavy atom. The van der Waals surface area contributed by atoms with E-state index >= 15 is 0 Å². The van der Waals surface area contributed by atoms with Crippen LogP contribution in [0.3, 0.4) is 0 Å². The van der Waals surface area contributed by atoms with Gasteiger partial charge < -0.3 is 10.4 Å². The van der Waals surface area contributed by atoms with Gasteiger partial charge in [0.1, 0.15) is 10.9 Å². The zero-order valence-corrected chi connectivity index (χ0v) is 13.3. The van der Waals surface area contributed by atoms with Crippen molar-refractivity contribution in [3.05, 3.63) is 49.6 Å². The van der Waals surface area contributed by atoms with Crippen LogP contribution in [0.5, 0.6) is 5.75 Å². The summed E-state index contributed by atoms with van der Waals surface area (Å²) in [4.78, 5) is 3.99. The molecule has 0 fully saturated rings. The molecule has 0 amide bonds. The Morgan fingerprint density at radius 1 is 1.21 bits per heavy atom. The summed E-state index contributed by atoms with van der Waals surface area (Å²) in [6, 6.07) is 4.93. The fourth-order valence-electron chi connectivity index (χ4n) is 1.47. The summed E-state index contributed by atoms with van der Waals surface area (Å²) in [7, 11) is 0. The van der Waals surface area contributed by atoms with E-state index in [1.54, 1.807) is 18.3 Å². The Morgan fingerprint density at radius 3 is 2.63 bits per heavy atom. The number of aromatic hydroxyl groups is 1. The van der Waals surface area contributed by atoms with Crippen LogP contribution in [0.2, 0.25) is 15.2 Å². The maximum atomic E-state index is 9.82. The largest absolute Gasteiger partial charge is 0.506 e. The summed E-state index contributed by atoms with van der Waals surface area (Å²) in [5.74, 6) is 0.0135. The molecule has 0 aliphatic carbocycles. The maximum Gasteiger partial charge on any atom is 0.143 e. The predicted octanol–water partition coefficient (Wildman–Crippen LogP) is 5.12. The van der Waals surface area contributed by atoms with Gasteiger partial charge in [-0.2, -0.15) is 0 Å². The van der Waals surface area contributed by atoms with E-state index < -0.39 is 0 Å². The first-order valence-electron chi connectivity index (χ1n) is 5.19. The number of phenolic OH excluding ortho intramolecular Hbond substituents is 1. The number of phenols is 1. The molecule has 0 unspecified atom stereocenters. The number of rotatable bonds is 3. The van der Waals surface area contributed by atoms with Crippen LogP contribution in [0.15, 0.2) is 28.9 Å². The number of hydrogen-bond donors (Lipinski definition) is 2. The molecule has 0 aliphatic rings. The van der Waals surface area contributed by atoms with Crippen molar-refractivity contribution >= 4 is 56.4 Å². The summed E-state index contributed by atoms with van der Waals surface area (Å²) in [5, 5.41) is 14.0. The Bertz CT molecular complexity index is 622. The van der Waals surface area contributed by atoms with Gasteiger partial charge in [0.2, 0.25) is 0 Å². The number of anilines is 1. The van der Waals surface area contributed by atoms with Crippen molar-refractivity contribution in [3.63, 3.8) is 0 Å². The van der Waals surface area contributed by atoms with E-state index in [4.69, 9.17) is 34.8 Å². The lowest BCUT2D eigenvalue weighted by Gasteiger charge is -2.10. The Kier molecular flexibility index (Phi) is 4.79. The number of halogens is 4. The molecule has 0 saturated carbocycles. The van der Waals surface area contributed by atoms with Crippen LogP contribution in [0.4, 0.5) is 5.69 Å². The highest BCUT2D eigenvalue weighted by atomic mass is 79.9. The fraction of sp³-hybridized carbons (Fsp3) is 0.0833. The second-order valence-corrected chi connectivity index (χ2v) is 5.80. The topological polar surface area (TPSA) is 45.1 Å². The highest BCUT2D eigenvalue weighted by Crippen LogP contribution is 2.32. The number of nitrogens with zero attached hydrogens (tertiary/aromatic N) is 1. The van der Waals surface area contributed by atoms with Gasteiger partial charge in [0.05, 0.1) is 21.4 Å². The van der Waals surface area contributed by atoms with Crippen LogP contribution in [0, 0.1) is 0 Å². The third-order valence-electron chi connectivity index (χ3n) is 2.39. The zero-order valence-electron chi connectivity index (χ0n) is 9.42. The van der Waals surface area contributed by atoms with Crippen molar-refractivity contribution in [1.29, 1.82) is 0 Å². The maximum absolute atomic E-state index is 9.82. The minimum Gasteiger partial charge on any atom is -0.506 e. The smallest absolute Gasteiger partial charge is 0.143 e. The SMILES string of the molecule is Oc1c(Cl)cc(Cl)cc1CNc1cnc(Cl)c(Br)c1. The number of benzene rings is 1. The van der Waals surface area contributed by atoms with Crippen LogP contribution in [0.25, 0.3) is 0 Å². The van der Waals surface area contributed by atoms with Crippen molar-refractivity contribution in [2.45, 2.75) is 6.54 Å². The van der Waals surface area contributed by atoms with Gasteiger partial charge in [-0.05, 0) is 34.1 Å². The molecule has 0 bridgehead atoms. The molecule has 2 aromatic rings. The second-order valence-electron chi connectivity index (χ2n) is 3.75. The molecular weight excluding hydrogens is 374 g/mol. The minimum atomic E-state index is 0.0135. The molecule has 1 heterocycles. The quantitative estimate of drug-likeness (QED) is 0.724. The molecule has 0 spiro atoms. The Labute approximate surface area is 133 Å². The normalized spacial score (nSPS) is 10.5. The molecule has 0 radical (unpaired) electrons. The van der Waals surface area contributed by atoms with Gasteiger partial charge in [0, 0.05) is 17.1 Å². The fourth-order valence-corrected chi connectivity index (χ4v) is 2.46. The minimum absolute atomic E-state index is 0.0135. The molecule has 3 nitrogen and oxygen atoms in total. The van der Waals surface area contributed by atoms with Crippen molar-refractivity contribution in [1.82, 2.24) is 4.98 Å². The van der Waals surface area contributed by atoms with E-state index in [2.05, 4.69) is 26.2 Å². The summed E-state index contributed by atoms with van der Waals surface area (Å²) >= 11 is 20.8. The molecule has 2 N–H and O–H groups in total. The van der Waals surface area contributed by atoms with Crippen LogP contribution in [-0.4, -0.2) is 10.1 Å². The van der Waals surface area contributed by atoms with Gasteiger partial charge in [-0.3, -0.25) is 0 Å².